The third-order valence-electron chi connectivity index (χ3n) is 23.9. The van der Waals surface area contributed by atoms with Crippen LogP contribution in [0.2, 0.25) is 0 Å². The van der Waals surface area contributed by atoms with Gasteiger partial charge >= 0.3 is 18.1 Å². The molecule has 7 N–H and O–H groups in total. The molecule has 0 spiro atoms. The first-order valence-corrected chi connectivity index (χ1v) is 42.0. The number of rotatable bonds is 26. The maximum Gasteiger partial charge on any atom is 0.320 e. The smallest absolute Gasteiger partial charge is 0.320 e. The SMILES string of the molecule is COCCN1C[C@@H](n2cc(F)c(F)c2)[C@H](NC(=O)Nc2c(C)c(-c3cnc4c(c3)CN(C)C4)nn2-c2ccccc2)C1.COCCN1C[C@@H](n2cc(F)c(F)c2)[C@H](NC(=O)Nc2c(C)c(-c3cnc4c(c3)CN(CCO)C4)nn2-c2ccccc2)C1.COCCN1C[C@@H](n2cc(F)c(F)c2)[C@H](NC(=O)Nc2c(C)c(-c3cnc4c(c3)COC4)nn2-c2ccccc2)C1. The highest BCUT2D eigenvalue weighted by Gasteiger charge is 2.40. The van der Waals surface area contributed by atoms with Crippen LogP contribution in [-0.4, -0.2) is 244 Å². The van der Waals surface area contributed by atoms with E-state index in [1.807, 2.05) is 124 Å². The van der Waals surface area contributed by atoms with E-state index in [2.05, 4.69) is 90.5 Å². The Hall–Kier alpha value is -12.4. The predicted molar refractivity (Wildman–Crippen MR) is 462 cm³/mol. The Morgan fingerprint density at radius 2 is 0.748 bits per heavy atom. The number of nitrogens with zero attached hydrogens (tertiary/aromatic N) is 17. The lowest BCUT2D eigenvalue weighted by molar-refractivity contribution is 0.133. The number of pyridine rings is 3. The Labute approximate surface area is 729 Å². The molecule has 31 nitrogen and oxygen atoms in total. The standard InChI is InChI=1S/C31H36F2N8O3.C30H34F2N8O2.C29H31F2N7O3/c1-20-29(21-12-22-14-38(8-10-42)17-26(22)34-13-21)37-41(23-6-4-3-5-7-23)30(20)36-31(43)35-27-18-39(9-11-44-2)19-28(27)40-15-24(32)25(33)16-40;1-19-28(20-11-21-13-37(2)16-25(21)33-12-20)36-40(22-7-5-4-6-8-22)29(19)35-30(41)34-26-17-38(9-10-42-3)18-27(26)39-14-23(31)24(32)15-39;1-18-27(19-10-20-16-41-17-25(20)32-11-19)35-38(21-6-4-3-5-7-21)28(18)34-29(39)33-24-14-36(8-9-40-2)15-26(24)37-12-22(30)23(31)13-37/h3-7,12-13,15-16,27-28,42H,8-11,14,17-19H2,1-2H3,(H2,35,36,43);4-8,11-12,14-15,26-27H,9-10,13,16-18H2,1-3H3,(H2,34,35,41);3-7,10-13,24,26H,8-9,14-17H2,1-2H3,(H2,33,34,39)/t27-,28-;26-,27-;24-,26-/m111/s1. The summed E-state index contributed by atoms with van der Waals surface area (Å²) in [6.45, 7) is 16.8. The molecule has 0 saturated carbocycles. The van der Waals surface area contributed by atoms with Crippen LogP contribution >= 0.6 is 0 Å². The molecule has 0 unspecified atom stereocenters. The number of β-amino-alcohol motifs (C(OH)–C–C–N with tert-alkyl or cyclic N) is 1. The molecule has 127 heavy (non-hydrogen) atoms. The van der Waals surface area contributed by atoms with E-state index in [9.17, 15) is 45.8 Å². The second-order valence-electron chi connectivity index (χ2n) is 32.6. The van der Waals surface area contributed by atoms with Crippen molar-refractivity contribution in [3.63, 3.8) is 0 Å². The third kappa shape index (κ3) is 19.7. The third-order valence-corrected chi connectivity index (χ3v) is 23.9. The zero-order valence-corrected chi connectivity index (χ0v) is 71.4. The van der Waals surface area contributed by atoms with Gasteiger partial charge in [0, 0.05) is 208 Å². The van der Waals surface area contributed by atoms with Crippen molar-refractivity contribution in [1.82, 2.24) is 98.4 Å². The minimum absolute atomic E-state index is 0.0878. The van der Waals surface area contributed by atoms with E-state index in [4.69, 9.17) is 34.2 Å². The van der Waals surface area contributed by atoms with E-state index in [-0.39, 0.29) is 24.7 Å². The Kier molecular flexibility index (Phi) is 27.2. The summed E-state index contributed by atoms with van der Waals surface area (Å²) in [4.78, 5) is 65.1. The molecular formula is C90H101F6N23O8. The Morgan fingerprint density at radius 3 is 1.09 bits per heavy atom. The first-order chi connectivity index (χ1) is 61.5. The molecule has 6 atom stereocenters. The number of nitrogens with one attached hydrogen (secondary N) is 6. The molecule has 6 aliphatic rings. The van der Waals surface area contributed by atoms with Crippen LogP contribution in [0.25, 0.3) is 50.8 Å². The summed E-state index contributed by atoms with van der Waals surface area (Å²) < 4.78 is 114. The van der Waals surface area contributed by atoms with E-state index >= 15 is 0 Å². The molecule has 18 rings (SSSR count). The number of urea groups is 3. The summed E-state index contributed by atoms with van der Waals surface area (Å²) in [6.07, 6.45) is 12.2. The number of fused-ring (bicyclic) bond motifs is 3. The monoisotopic (exact) mass is 1750 g/mol. The zero-order chi connectivity index (χ0) is 88.7. The van der Waals surface area contributed by atoms with Gasteiger partial charge < -0.3 is 53.7 Å². The van der Waals surface area contributed by atoms with Gasteiger partial charge in [0.2, 0.25) is 0 Å². The predicted octanol–water partition coefficient (Wildman–Crippen LogP) is 11.3. The van der Waals surface area contributed by atoms with Crippen molar-refractivity contribution in [3.05, 3.63) is 250 Å². The number of para-hydroxylation sites is 3. The van der Waals surface area contributed by atoms with Gasteiger partial charge in [-0.1, -0.05) is 54.6 Å². The van der Waals surface area contributed by atoms with Crippen LogP contribution in [-0.2, 0) is 58.3 Å². The number of ether oxygens (including phenoxy) is 4. The van der Waals surface area contributed by atoms with Crippen LogP contribution in [0.4, 0.5) is 58.2 Å². The van der Waals surface area contributed by atoms with Gasteiger partial charge in [-0.2, -0.15) is 15.3 Å². The number of aliphatic hydroxyl groups is 1. The molecule has 6 aliphatic heterocycles. The van der Waals surface area contributed by atoms with E-state index in [0.29, 0.717) is 140 Å². The van der Waals surface area contributed by atoms with Crippen molar-refractivity contribution in [2.75, 3.05) is 136 Å². The van der Waals surface area contributed by atoms with Gasteiger partial charge in [-0.25, -0.2) is 54.8 Å². The van der Waals surface area contributed by atoms with E-state index in [1.165, 1.54) is 19.3 Å². The van der Waals surface area contributed by atoms with Crippen molar-refractivity contribution >= 4 is 35.5 Å². The van der Waals surface area contributed by atoms with Crippen molar-refractivity contribution in [2.45, 2.75) is 96.4 Å². The number of anilines is 3. The van der Waals surface area contributed by atoms with Gasteiger partial charge in [-0.05, 0) is 93.5 Å². The lowest BCUT2D eigenvalue weighted by Crippen LogP contribution is -2.43. The van der Waals surface area contributed by atoms with Gasteiger partial charge in [0.05, 0.1) is 127 Å². The van der Waals surface area contributed by atoms with E-state index in [0.717, 1.165) is 135 Å². The zero-order valence-electron chi connectivity index (χ0n) is 71.4. The number of benzene rings is 3. The second kappa shape index (κ2) is 39.2. The molecule has 9 aromatic heterocycles. The number of aromatic nitrogens is 12. The van der Waals surface area contributed by atoms with Crippen molar-refractivity contribution in [3.8, 4) is 50.8 Å². The number of hydrogen-bond donors (Lipinski definition) is 7. The Bertz CT molecular complexity index is 5830. The highest BCUT2D eigenvalue weighted by Crippen LogP contribution is 2.38. The number of hydrogen-bond acceptors (Lipinski definition) is 19. The highest BCUT2D eigenvalue weighted by atomic mass is 19.2. The summed E-state index contributed by atoms with van der Waals surface area (Å²) in [7, 11) is 6.92. The fourth-order valence-electron chi connectivity index (χ4n) is 17.4. The first kappa shape index (κ1) is 88.0. The number of aliphatic hydroxyl groups excluding tert-OH is 1. The molecule has 3 saturated heterocycles. The van der Waals surface area contributed by atoms with E-state index in [1.54, 1.807) is 47.8 Å². The van der Waals surface area contributed by atoms with Crippen molar-refractivity contribution < 1.29 is 64.8 Å². The van der Waals surface area contributed by atoms with Crippen molar-refractivity contribution in [1.29, 1.82) is 0 Å². The minimum atomic E-state index is -0.930. The fraction of sp³-hybridized carbons (Fsp3) is 0.367. The quantitative estimate of drug-likeness (QED) is 0.0248. The lowest BCUT2D eigenvalue weighted by Gasteiger charge is -2.22. The molecule has 12 aromatic rings. The topological polar surface area (TPSA) is 304 Å². The largest absolute Gasteiger partial charge is 0.395 e. The summed E-state index contributed by atoms with van der Waals surface area (Å²) in [6, 6.07) is 31.1. The number of methoxy groups -OCH3 is 3. The van der Waals surface area contributed by atoms with Crippen LogP contribution in [0, 0.1) is 55.7 Å². The maximum atomic E-state index is 13.9. The summed E-state index contributed by atoms with van der Waals surface area (Å²) in [5.41, 5.74) is 15.5. The lowest BCUT2D eigenvalue weighted by atomic mass is 10.1. The summed E-state index contributed by atoms with van der Waals surface area (Å²) in [5, 5.41) is 42.2. The summed E-state index contributed by atoms with van der Waals surface area (Å²) in [5.74, 6) is -4.03. The minimum Gasteiger partial charge on any atom is -0.395 e. The van der Waals surface area contributed by atoms with Crippen LogP contribution in [0.1, 0.15) is 68.6 Å². The molecule has 0 bridgehead atoms. The van der Waals surface area contributed by atoms with Crippen LogP contribution in [0.5, 0.6) is 0 Å². The van der Waals surface area contributed by atoms with Gasteiger partial charge in [-0.15, -0.1) is 0 Å². The number of likely N-dealkylation sites (tertiary alicyclic amines) is 3. The molecule has 3 aromatic carbocycles. The van der Waals surface area contributed by atoms with Gasteiger partial charge in [0.25, 0.3) is 0 Å². The normalized spacial score (nSPS) is 18.7. The molecule has 37 heteroatoms. The molecule has 3 fully saturated rings. The van der Waals surface area contributed by atoms with Crippen LogP contribution in [0.15, 0.2) is 165 Å². The fourth-order valence-corrected chi connectivity index (χ4v) is 17.4. The second-order valence-corrected chi connectivity index (χ2v) is 32.6. The van der Waals surface area contributed by atoms with Gasteiger partial charge in [0.1, 0.15) is 17.5 Å². The molecular weight excluding hydrogens is 1650 g/mol. The van der Waals surface area contributed by atoms with E-state index < -0.39 is 71.1 Å². The number of carbonyl (C=O) groups is 3. The van der Waals surface area contributed by atoms with Gasteiger partial charge in [-0.3, -0.25) is 55.4 Å². The van der Waals surface area contributed by atoms with Crippen molar-refractivity contribution in [2.24, 2.45) is 0 Å². The average Bonchev–Trinajstić information content (AvgIpc) is 1.64. The Balaban J connectivity index is 0.000000140. The number of halogens is 6. The van der Waals surface area contributed by atoms with Crippen LogP contribution < -0.4 is 31.9 Å². The molecule has 0 radical (unpaired) electrons. The highest BCUT2D eigenvalue weighted by molar-refractivity contribution is 5.93. The molecule has 6 amide bonds. The maximum absolute atomic E-state index is 13.9. The number of carbonyl (C=O) groups excluding carboxylic acids is 3. The first-order valence-electron chi connectivity index (χ1n) is 42.0. The average molecular weight is 1750 g/mol. The van der Waals surface area contributed by atoms with Gasteiger partial charge in [0.15, 0.2) is 34.9 Å². The summed E-state index contributed by atoms with van der Waals surface area (Å²) >= 11 is 0. The molecule has 666 valence electrons. The molecule has 15 heterocycles. The van der Waals surface area contributed by atoms with Crippen LogP contribution in [0.3, 0.4) is 0 Å². The Morgan fingerprint density at radius 1 is 0.417 bits per heavy atom. The molecule has 0 aliphatic carbocycles. The number of amides is 6.